The van der Waals surface area contributed by atoms with E-state index in [1.165, 1.54) is 4.88 Å². The highest BCUT2D eigenvalue weighted by Crippen LogP contribution is 2.15. The molecule has 0 aliphatic heterocycles. The minimum atomic E-state index is 0.122. The molecule has 2 aromatic heterocycles. The predicted octanol–water partition coefficient (Wildman–Crippen LogP) is 3.47. The lowest BCUT2D eigenvalue weighted by molar-refractivity contribution is 0.0755. The van der Waals surface area contributed by atoms with Crippen molar-refractivity contribution in [1.29, 1.82) is 0 Å². The van der Waals surface area contributed by atoms with E-state index in [0.29, 0.717) is 6.54 Å². The average molecular weight is 251 g/mol. The summed E-state index contributed by atoms with van der Waals surface area (Å²) in [5.74, 6) is 0.122. The molecule has 2 heterocycles. The lowest BCUT2D eigenvalue weighted by Gasteiger charge is -2.19. The molecule has 0 aromatic carbocycles. The van der Waals surface area contributed by atoms with Crippen LogP contribution in [0, 0.1) is 0 Å². The summed E-state index contributed by atoms with van der Waals surface area (Å²) in [5.41, 5.74) is 0.795. The number of amides is 1. The Morgan fingerprint density at radius 2 is 2.25 bits per heavy atom. The molecule has 0 fully saturated rings. The van der Waals surface area contributed by atoms with E-state index in [-0.39, 0.29) is 5.91 Å². The molecular formula is C12H13NOS2. The average Bonchev–Trinajstić information content (AvgIpc) is 2.97. The fourth-order valence-corrected chi connectivity index (χ4v) is 2.84. The molecule has 4 heteroatoms. The predicted molar refractivity (Wildman–Crippen MR) is 69.1 cm³/mol. The molecule has 16 heavy (non-hydrogen) atoms. The Bertz CT molecular complexity index is 434. The van der Waals surface area contributed by atoms with E-state index < -0.39 is 0 Å². The molecule has 0 atom stereocenters. The zero-order valence-corrected chi connectivity index (χ0v) is 10.7. The van der Waals surface area contributed by atoms with Crippen molar-refractivity contribution in [2.75, 3.05) is 6.54 Å². The molecule has 0 bridgehead atoms. The van der Waals surface area contributed by atoms with E-state index in [4.69, 9.17) is 0 Å². The van der Waals surface area contributed by atoms with Crippen molar-refractivity contribution < 1.29 is 4.79 Å². The van der Waals surface area contributed by atoms with Crippen LogP contribution < -0.4 is 0 Å². The van der Waals surface area contributed by atoms with Gasteiger partial charge in [-0.3, -0.25) is 4.79 Å². The number of carbonyl (C=O) groups is 1. The van der Waals surface area contributed by atoms with Crippen LogP contribution in [0.5, 0.6) is 0 Å². The minimum Gasteiger partial charge on any atom is -0.334 e. The molecule has 0 saturated heterocycles. The molecular weight excluding hydrogens is 238 g/mol. The summed E-state index contributed by atoms with van der Waals surface area (Å²) in [6, 6.07) is 5.96. The van der Waals surface area contributed by atoms with Gasteiger partial charge in [-0.15, -0.1) is 11.3 Å². The smallest absolute Gasteiger partial charge is 0.255 e. The van der Waals surface area contributed by atoms with Crippen LogP contribution in [0.15, 0.2) is 34.3 Å². The second kappa shape index (κ2) is 5.27. The van der Waals surface area contributed by atoms with Gasteiger partial charge in [0.15, 0.2) is 0 Å². The lowest BCUT2D eigenvalue weighted by atomic mass is 10.3. The first-order valence-electron chi connectivity index (χ1n) is 5.15. The Morgan fingerprint density at radius 1 is 1.38 bits per heavy atom. The molecule has 2 aromatic rings. The molecule has 2 nitrogen and oxygen atoms in total. The van der Waals surface area contributed by atoms with Crippen molar-refractivity contribution in [3.63, 3.8) is 0 Å². The summed E-state index contributed by atoms with van der Waals surface area (Å²) >= 11 is 3.25. The topological polar surface area (TPSA) is 20.3 Å². The molecule has 1 amide bonds. The molecule has 0 N–H and O–H groups in total. The molecule has 0 spiro atoms. The lowest BCUT2D eigenvalue weighted by Crippen LogP contribution is -2.29. The highest BCUT2D eigenvalue weighted by molar-refractivity contribution is 7.09. The van der Waals surface area contributed by atoms with Crippen LogP contribution in [0.25, 0.3) is 0 Å². The van der Waals surface area contributed by atoms with Crippen molar-refractivity contribution in [1.82, 2.24) is 4.90 Å². The largest absolute Gasteiger partial charge is 0.334 e. The Morgan fingerprint density at radius 3 is 2.81 bits per heavy atom. The second-order valence-electron chi connectivity index (χ2n) is 3.41. The van der Waals surface area contributed by atoms with Crippen LogP contribution in [-0.2, 0) is 6.54 Å². The monoisotopic (exact) mass is 251 g/mol. The van der Waals surface area contributed by atoms with Crippen molar-refractivity contribution in [2.45, 2.75) is 13.5 Å². The summed E-state index contributed by atoms with van der Waals surface area (Å²) in [6.45, 7) is 3.47. The highest BCUT2D eigenvalue weighted by Gasteiger charge is 2.14. The van der Waals surface area contributed by atoms with Gasteiger partial charge in [0.2, 0.25) is 0 Å². The Balaban J connectivity index is 2.08. The molecule has 0 saturated carbocycles. The van der Waals surface area contributed by atoms with Gasteiger partial charge < -0.3 is 4.90 Å². The minimum absolute atomic E-state index is 0.122. The van der Waals surface area contributed by atoms with Crippen molar-refractivity contribution in [2.24, 2.45) is 0 Å². The first kappa shape index (κ1) is 11.4. The van der Waals surface area contributed by atoms with Gasteiger partial charge >= 0.3 is 0 Å². The third kappa shape index (κ3) is 2.51. The fourth-order valence-electron chi connectivity index (χ4n) is 1.49. The summed E-state index contributed by atoms with van der Waals surface area (Å²) in [4.78, 5) is 15.2. The van der Waals surface area contributed by atoms with Gasteiger partial charge in [0.05, 0.1) is 12.1 Å². The first-order chi connectivity index (χ1) is 7.81. The zero-order chi connectivity index (χ0) is 11.4. The van der Waals surface area contributed by atoms with E-state index in [2.05, 4.69) is 6.07 Å². The summed E-state index contributed by atoms with van der Waals surface area (Å²) in [5, 5.41) is 5.88. The first-order valence-corrected chi connectivity index (χ1v) is 6.97. The SMILES string of the molecule is CCN(Cc1cccs1)C(=O)c1ccsc1. The summed E-state index contributed by atoms with van der Waals surface area (Å²) in [7, 11) is 0. The molecule has 2 rings (SSSR count). The highest BCUT2D eigenvalue weighted by atomic mass is 32.1. The Hall–Kier alpha value is -1.13. The van der Waals surface area contributed by atoms with E-state index in [1.807, 2.05) is 40.1 Å². The summed E-state index contributed by atoms with van der Waals surface area (Å²) in [6.07, 6.45) is 0. The fraction of sp³-hybridized carbons (Fsp3) is 0.250. The number of nitrogens with zero attached hydrogens (tertiary/aromatic N) is 1. The maximum absolute atomic E-state index is 12.1. The van der Waals surface area contributed by atoms with E-state index in [1.54, 1.807) is 22.7 Å². The van der Waals surface area contributed by atoms with E-state index in [0.717, 1.165) is 12.1 Å². The molecule has 0 unspecified atom stereocenters. The van der Waals surface area contributed by atoms with Crippen LogP contribution in [0.1, 0.15) is 22.2 Å². The molecule has 0 aliphatic rings. The van der Waals surface area contributed by atoms with Gasteiger partial charge in [0, 0.05) is 16.8 Å². The van der Waals surface area contributed by atoms with Gasteiger partial charge in [0.25, 0.3) is 5.91 Å². The van der Waals surface area contributed by atoms with Crippen LogP contribution in [0.4, 0.5) is 0 Å². The number of hydrogen-bond donors (Lipinski definition) is 0. The third-order valence-electron chi connectivity index (χ3n) is 2.36. The van der Waals surface area contributed by atoms with Gasteiger partial charge in [-0.05, 0) is 29.8 Å². The van der Waals surface area contributed by atoms with Gasteiger partial charge in [-0.25, -0.2) is 0 Å². The third-order valence-corrected chi connectivity index (χ3v) is 3.91. The van der Waals surface area contributed by atoms with Crippen LogP contribution >= 0.6 is 22.7 Å². The van der Waals surface area contributed by atoms with Crippen LogP contribution in [-0.4, -0.2) is 17.4 Å². The Kier molecular flexibility index (Phi) is 3.74. The van der Waals surface area contributed by atoms with E-state index in [9.17, 15) is 4.79 Å². The van der Waals surface area contributed by atoms with Crippen LogP contribution in [0.3, 0.4) is 0 Å². The van der Waals surface area contributed by atoms with Gasteiger partial charge in [0.1, 0.15) is 0 Å². The number of carbonyl (C=O) groups excluding carboxylic acids is 1. The van der Waals surface area contributed by atoms with Crippen LogP contribution in [0.2, 0.25) is 0 Å². The molecule has 0 radical (unpaired) electrons. The summed E-state index contributed by atoms with van der Waals surface area (Å²) < 4.78 is 0. The van der Waals surface area contributed by atoms with Crippen molar-refractivity contribution >= 4 is 28.6 Å². The number of thiophene rings is 2. The maximum atomic E-state index is 12.1. The second-order valence-corrected chi connectivity index (χ2v) is 5.22. The quantitative estimate of drug-likeness (QED) is 0.814. The standard InChI is InChI=1S/C12H13NOS2/c1-2-13(8-11-4-3-6-16-11)12(14)10-5-7-15-9-10/h3-7,9H,2,8H2,1H3. The maximum Gasteiger partial charge on any atom is 0.255 e. The number of rotatable bonds is 4. The zero-order valence-electron chi connectivity index (χ0n) is 9.05. The van der Waals surface area contributed by atoms with Gasteiger partial charge in [-0.2, -0.15) is 11.3 Å². The molecule has 84 valence electrons. The van der Waals surface area contributed by atoms with Gasteiger partial charge in [-0.1, -0.05) is 6.07 Å². The number of hydrogen-bond acceptors (Lipinski definition) is 3. The Labute approximate surface area is 103 Å². The normalized spacial score (nSPS) is 10.3. The van der Waals surface area contributed by atoms with Crippen molar-refractivity contribution in [3.05, 3.63) is 44.8 Å². The molecule has 0 aliphatic carbocycles. The van der Waals surface area contributed by atoms with E-state index >= 15 is 0 Å². The van der Waals surface area contributed by atoms with Crippen molar-refractivity contribution in [3.8, 4) is 0 Å².